The van der Waals surface area contributed by atoms with Gasteiger partial charge >= 0.3 is 0 Å². The highest BCUT2D eigenvalue weighted by molar-refractivity contribution is 5.93. The topological polar surface area (TPSA) is 56.2 Å². The minimum atomic E-state index is -0.0884. The Hall–Kier alpha value is -2.14. The number of benzene rings is 1. The fourth-order valence-electron chi connectivity index (χ4n) is 3.37. The number of carbonyl (C=O) groups is 1. The summed E-state index contributed by atoms with van der Waals surface area (Å²) >= 11 is 0. The van der Waals surface area contributed by atoms with E-state index in [9.17, 15) is 4.79 Å². The number of aromatic nitrogens is 2. The van der Waals surface area contributed by atoms with Crippen molar-refractivity contribution in [2.24, 2.45) is 0 Å². The molecular formula is C19H25N3O2. The van der Waals surface area contributed by atoms with Crippen LogP contribution in [0.5, 0.6) is 0 Å². The zero-order chi connectivity index (χ0) is 17.2. The van der Waals surface area contributed by atoms with Gasteiger partial charge in [0.2, 0.25) is 0 Å². The molecule has 24 heavy (non-hydrogen) atoms. The van der Waals surface area contributed by atoms with E-state index in [1.807, 2.05) is 36.7 Å². The van der Waals surface area contributed by atoms with Crippen LogP contribution in [0.3, 0.4) is 0 Å². The van der Waals surface area contributed by atoms with Crippen molar-refractivity contribution in [1.29, 1.82) is 0 Å². The van der Waals surface area contributed by atoms with Crippen molar-refractivity contribution in [1.82, 2.24) is 14.9 Å². The van der Waals surface area contributed by atoms with Crippen molar-refractivity contribution in [2.75, 3.05) is 13.7 Å². The molecule has 0 bridgehead atoms. The van der Waals surface area contributed by atoms with E-state index < -0.39 is 0 Å². The van der Waals surface area contributed by atoms with Gasteiger partial charge in [-0.1, -0.05) is 12.1 Å². The third-order valence-electron chi connectivity index (χ3n) is 4.61. The van der Waals surface area contributed by atoms with Gasteiger partial charge in [0.15, 0.2) is 0 Å². The molecular weight excluding hydrogens is 302 g/mol. The van der Waals surface area contributed by atoms with Gasteiger partial charge < -0.3 is 14.6 Å². The highest BCUT2D eigenvalue weighted by Gasteiger charge is 2.31. The molecule has 1 amide bonds. The predicted molar refractivity (Wildman–Crippen MR) is 93.2 cm³/mol. The van der Waals surface area contributed by atoms with Gasteiger partial charge in [0.1, 0.15) is 5.82 Å². The quantitative estimate of drug-likeness (QED) is 0.939. The van der Waals surface area contributed by atoms with Crippen molar-refractivity contribution >= 4 is 5.91 Å². The second kappa shape index (κ2) is 6.77. The maximum atomic E-state index is 11.6. The number of amides is 1. The first kappa shape index (κ1) is 16.7. The van der Waals surface area contributed by atoms with E-state index in [1.165, 1.54) is 0 Å². The molecule has 1 aromatic carbocycles. The molecule has 1 saturated heterocycles. The smallest absolute Gasteiger partial charge is 0.251 e. The van der Waals surface area contributed by atoms with Gasteiger partial charge in [-0.05, 0) is 44.4 Å². The Morgan fingerprint density at radius 2 is 2.12 bits per heavy atom. The van der Waals surface area contributed by atoms with Crippen molar-refractivity contribution in [3.63, 3.8) is 0 Å². The minimum absolute atomic E-state index is 0.0608. The molecule has 3 rings (SSSR count). The first-order chi connectivity index (χ1) is 11.5. The molecule has 0 saturated carbocycles. The first-order valence-electron chi connectivity index (χ1n) is 8.44. The van der Waals surface area contributed by atoms with Gasteiger partial charge in [0, 0.05) is 44.1 Å². The fourth-order valence-corrected chi connectivity index (χ4v) is 3.37. The highest BCUT2D eigenvalue weighted by Crippen LogP contribution is 2.34. The summed E-state index contributed by atoms with van der Waals surface area (Å²) in [5, 5.41) is 2.64. The normalized spacial score (nSPS) is 19.9. The van der Waals surface area contributed by atoms with Gasteiger partial charge in [-0.3, -0.25) is 4.79 Å². The number of imidazole rings is 1. The van der Waals surface area contributed by atoms with E-state index in [2.05, 4.69) is 28.7 Å². The summed E-state index contributed by atoms with van der Waals surface area (Å²) in [6.45, 7) is 5.83. The van der Waals surface area contributed by atoms with Crippen molar-refractivity contribution in [2.45, 2.75) is 44.8 Å². The van der Waals surface area contributed by atoms with Gasteiger partial charge in [-0.15, -0.1) is 0 Å². The van der Waals surface area contributed by atoms with Crippen molar-refractivity contribution in [3.8, 4) is 0 Å². The maximum Gasteiger partial charge on any atom is 0.251 e. The summed E-state index contributed by atoms with van der Waals surface area (Å²) in [5.41, 5.74) is 1.75. The van der Waals surface area contributed by atoms with Crippen LogP contribution in [0.2, 0.25) is 0 Å². The van der Waals surface area contributed by atoms with Crippen LogP contribution >= 0.6 is 0 Å². The SMILES string of the molecule is CNC(=O)c1ccc(Cn2ccnc2[C@@H]2CCOC(C)(C)C2)cc1. The van der Waals surface area contributed by atoms with Crippen LogP contribution in [-0.2, 0) is 11.3 Å². The summed E-state index contributed by atoms with van der Waals surface area (Å²) < 4.78 is 8.03. The zero-order valence-corrected chi connectivity index (χ0v) is 14.6. The molecule has 5 heteroatoms. The Morgan fingerprint density at radius 1 is 1.38 bits per heavy atom. The summed E-state index contributed by atoms with van der Waals surface area (Å²) in [4.78, 5) is 16.2. The summed E-state index contributed by atoms with van der Waals surface area (Å²) in [6, 6.07) is 7.73. The lowest BCUT2D eigenvalue weighted by Gasteiger charge is -2.35. The molecule has 1 aliphatic rings. The van der Waals surface area contributed by atoms with Crippen LogP contribution in [0, 0.1) is 0 Å². The molecule has 0 aliphatic carbocycles. The maximum absolute atomic E-state index is 11.6. The standard InChI is InChI=1S/C19H25N3O2/c1-19(2)12-16(8-11-24-19)17-21-9-10-22(17)13-14-4-6-15(7-5-14)18(23)20-3/h4-7,9-10,16H,8,11-13H2,1-3H3,(H,20,23)/t16-/m1/s1. The van der Waals surface area contributed by atoms with Crippen LogP contribution in [0.15, 0.2) is 36.7 Å². The average Bonchev–Trinajstić information content (AvgIpc) is 3.02. The van der Waals surface area contributed by atoms with Gasteiger partial charge in [-0.25, -0.2) is 4.98 Å². The second-order valence-electron chi connectivity index (χ2n) is 6.99. The van der Waals surface area contributed by atoms with Gasteiger partial charge in [0.25, 0.3) is 5.91 Å². The highest BCUT2D eigenvalue weighted by atomic mass is 16.5. The van der Waals surface area contributed by atoms with Crippen molar-refractivity contribution < 1.29 is 9.53 Å². The Bertz CT molecular complexity index is 704. The Morgan fingerprint density at radius 3 is 2.79 bits per heavy atom. The number of nitrogens with zero attached hydrogens (tertiary/aromatic N) is 2. The molecule has 128 valence electrons. The van der Waals surface area contributed by atoms with Crippen LogP contribution < -0.4 is 5.32 Å². The van der Waals surface area contributed by atoms with E-state index in [0.717, 1.165) is 37.4 Å². The Kier molecular flexibility index (Phi) is 4.71. The molecule has 1 aromatic heterocycles. The van der Waals surface area contributed by atoms with Crippen LogP contribution in [0.4, 0.5) is 0 Å². The predicted octanol–water partition coefficient (Wildman–Crippen LogP) is 2.96. The molecule has 0 spiro atoms. The van der Waals surface area contributed by atoms with E-state index in [1.54, 1.807) is 7.05 Å². The molecule has 1 aliphatic heterocycles. The van der Waals surface area contributed by atoms with Crippen molar-refractivity contribution in [3.05, 3.63) is 53.6 Å². The van der Waals surface area contributed by atoms with E-state index >= 15 is 0 Å². The molecule has 1 atom stereocenters. The molecule has 2 aromatic rings. The number of carbonyl (C=O) groups excluding carboxylic acids is 1. The third kappa shape index (κ3) is 3.67. The minimum Gasteiger partial charge on any atom is -0.376 e. The van der Waals surface area contributed by atoms with Crippen LogP contribution in [0.25, 0.3) is 0 Å². The lowest BCUT2D eigenvalue weighted by Crippen LogP contribution is -2.34. The molecule has 2 heterocycles. The first-order valence-corrected chi connectivity index (χ1v) is 8.44. The Balaban J connectivity index is 1.75. The molecule has 0 radical (unpaired) electrons. The molecule has 1 N–H and O–H groups in total. The second-order valence-corrected chi connectivity index (χ2v) is 6.99. The number of hydrogen-bond donors (Lipinski definition) is 1. The lowest BCUT2D eigenvalue weighted by atomic mass is 9.88. The van der Waals surface area contributed by atoms with Gasteiger partial charge in [-0.2, -0.15) is 0 Å². The number of rotatable bonds is 4. The monoisotopic (exact) mass is 327 g/mol. The summed E-state index contributed by atoms with van der Waals surface area (Å²) in [7, 11) is 1.64. The molecule has 5 nitrogen and oxygen atoms in total. The number of hydrogen-bond acceptors (Lipinski definition) is 3. The lowest BCUT2D eigenvalue weighted by molar-refractivity contribution is -0.0606. The van der Waals surface area contributed by atoms with Crippen LogP contribution in [0.1, 0.15) is 54.4 Å². The van der Waals surface area contributed by atoms with E-state index in [-0.39, 0.29) is 11.5 Å². The summed E-state index contributed by atoms with van der Waals surface area (Å²) in [5.74, 6) is 1.49. The van der Waals surface area contributed by atoms with Crippen LogP contribution in [-0.4, -0.2) is 34.7 Å². The Labute approximate surface area is 143 Å². The molecule has 1 fully saturated rings. The average molecular weight is 327 g/mol. The summed E-state index contributed by atoms with van der Waals surface area (Å²) in [6.07, 6.45) is 5.90. The fraction of sp³-hybridized carbons (Fsp3) is 0.474. The number of ether oxygens (including phenoxy) is 1. The zero-order valence-electron chi connectivity index (χ0n) is 14.6. The number of nitrogens with one attached hydrogen (secondary N) is 1. The molecule has 0 unspecified atom stereocenters. The van der Waals surface area contributed by atoms with E-state index in [4.69, 9.17) is 4.74 Å². The largest absolute Gasteiger partial charge is 0.376 e. The third-order valence-corrected chi connectivity index (χ3v) is 4.61. The van der Waals surface area contributed by atoms with Gasteiger partial charge in [0.05, 0.1) is 5.60 Å². The van der Waals surface area contributed by atoms with E-state index in [0.29, 0.717) is 11.5 Å².